The molecule has 0 saturated heterocycles. The van der Waals surface area contributed by atoms with E-state index < -0.39 is 28.8 Å². The Hall–Kier alpha value is -3.44. The largest absolute Gasteiger partial charge is 0.504 e. The fraction of sp³-hybridized carbons (Fsp3) is 0.517. The summed E-state index contributed by atoms with van der Waals surface area (Å²) in [7, 11) is 0. The monoisotopic (exact) mass is 507 g/mol. The van der Waals surface area contributed by atoms with Crippen LogP contribution < -0.4 is 0 Å². The van der Waals surface area contributed by atoms with E-state index in [-0.39, 0.29) is 16.4 Å². The standard InChI is InChI=1S/C22H27NO2.C7H6O5/c1-4-22(24)10-8-18-16-6-5-15-11-19-14(13-23-25-19)12-20(15,2)17(16)7-9-21(18,22)3;8-4-1-3(7(11)12)2-5(9)6(4)10/h1,11,13,16-18,24H,5-10,12H2,2-3H3;1-2,8-10H,(H,11,12). The molecule has 3 fully saturated rings. The van der Waals surface area contributed by atoms with E-state index in [1.54, 1.807) is 5.57 Å². The molecule has 0 spiro atoms. The number of aromatic carboxylic acids is 1. The molecule has 0 bridgehead atoms. The summed E-state index contributed by atoms with van der Waals surface area (Å²) in [6, 6.07) is 1.69. The number of aromatic nitrogens is 1. The molecule has 6 rings (SSSR count). The molecule has 5 N–H and O–H groups in total. The van der Waals surface area contributed by atoms with Gasteiger partial charge in [0.05, 0.1) is 11.8 Å². The van der Waals surface area contributed by atoms with Gasteiger partial charge in [-0.1, -0.05) is 30.5 Å². The van der Waals surface area contributed by atoms with Crippen LogP contribution >= 0.6 is 0 Å². The van der Waals surface area contributed by atoms with Crippen molar-refractivity contribution in [2.45, 2.75) is 64.4 Å². The molecule has 4 aliphatic rings. The lowest BCUT2D eigenvalue weighted by Crippen LogP contribution is -2.54. The number of terminal acetylenes is 1. The second kappa shape index (κ2) is 8.56. The fourth-order valence-electron chi connectivity index (χ4n) is 7.86. The molecule has 37 heavy (non-hydrogen) atoms. The first-order valence-corrected chi connectivity index (χ1v) is 12.8. The average molecular weight is 508 g/mol. The second-order valence-corrected chi connectivity index (χ2v) is 11.6. The lowest BCUT2D eigenvalue weighted by atomic mass is 9.46. The fourth-order valence-corrected chi connectivity index (χ4v) is 7.86. The van der Waals surface area contributed by atoms with Crippen molar-refractivity contribution in [2.75, 3.05) is 0 Å². The number of nitrogens with zero attached hydrogens (tertiary/aromatic N) is 1. The van der Waals surface area contributed by atoms with E-state index in [2.05, 4.69) is 31.0 Å². The summed E-state index contributed by atoms with van der Waals surface area (Å²) in [5.74, 6) is 2.30. The molecule has 0 radical (unpaired) electrons. The molecule has 0 amide bonds. The molecule has 1 aromatic carbocycles. The predicted molar refractivity (Wildman–Crippen MR) is 135 cm³/mol. The van der Waals surface area contributed by atoms with Gasteiger partial charge in [0.2, 0.25) is 0 Å². The summed E-state index contributed by atoms with van der Waals surface area (Å²) in [4.78, 5) is 10.3. The number of carbonyl (C=O) groups is 1. The first-order valence-electron chi connectivity index (χ1n) is 12.8. The van der Waals surface area contributed by atoms with Crippen LogP contribution in [-0.4, -0.2) is 42.3 Å². The maximum atomic E-state index is 11.1. The molecular formula is C29H33NO7. The molecule has 1 aromatic heterocycles. The smallest absolute Gasteiger partial charge is 0.335 e. The number of hydrogen-bond donors (Lipinski definition) is 5. The van der Waals surface area contributed by atoms with Gasteiger partial charge in [0, 0.05) is 11.0 Å². The highest BCUT2D eigenvalue weighted by molar-refractivity contribution is 5.89. The number of carboxylic acids is 1. The molecule has 196 valence electrons. The van der Waals surface area contributed by atoms with Crippen molar-refractivity contribution in [3.05, 3.63) is 40.8 Å². The Bertz CT molecular complexity index is 1300. The van der Waals surface area contributed by atoms with Gasteiger partial charge in [0.25, 0.3) is 0 Å². The minimum Gasteiger partial charge on any atom is -0.504 e. The highest BCUT2D eigenvalue weighted by Gasteiger charge is 2.63. The van der Waals surface area contributed by atoms with Crippen molar-refractivity contribution in [1.29, 1.82) is 0 Å². The van der Waals surface area contributed by atoms with Gasteiger partial charge in [-0.05, 0) is 86.3 Å². The van der Waals surface area contributed by atoms with Crippen LogP contribution in [0.4, 0.5) is 0 Å². The summed E-state index contributed by atoms with van der Waals surface area (Å²) in [6.07, 6.45) is 17.4. The molecular weight excluding hydrogens is 474 g/mol. The molecule has 8 nitrogen and oxygen atoms in total. The number of carboxylic acid groups (broad SMARTS) is 1. The lowest BCUT2D eigenvalue weighted by molar-refractivity contribution is -0.0975. The van der Waals surface area contributed by atoms with Gasteiger partial charge in [-0.2, -0.15) is 0 Å². The molecule has 3 saturated carbocycles. The molecule has 1 heterocycles. The highest BCUT2D eigenvalue weighted by atomic mass is 16.5. The number of fused-ring (bicyclic) bond motifs is 6. The Kier molecular flexibility index (Phi) is 5.83. The van der Waals surface area contributed by atoms with E-state index >= 15 is 0 Å². The van der Waals surface area contributed by atoms with Gasteiger partial charge in [0.15, 0.2) is 23.0 Å². The van der Waals surface area contributed by atoms with Crippen molar-refractivity contribution < 1.29 is 34.9 Å². The summed E-state index contributed by atoms with van der Waals surface area (Å²) in [5, 5.41) is 50.0. The predicted octanol–water partition coefficient (Wildman–Crippen LogP) is 4.72. The van der Waals surface area contributed by atoms with Gasteiger partial charge >= 0.3 is 5.97 Å². The van der Waals surface area contributed by atoms with E-state index in [4.69, 9.17) is 31.4 Å². The van der Waals surface area contributed by atoms with Gasteiger partial charge in [0.1, 0.15) is 5.60 Å². The maximum absolute atomic E-state index is 11.1. The Morgan fingerprint density at radius 3 is 2.43 bits per heavy atom. The minimum absolute atomic E-state index is 0.114. The van der Waals surface area contributed by atoms with E-state index in [0.29, 0.717) is 17.8 Å². The molecule has 2 aromatic rings. The number of rotatable bonds is 1. The first-order chi connectivity index (χ1) is 17.4. The molecule has 4 aliphatic carbocycles. The lowest BCUT2D eigenvalue weighted by Gasteiger charge is -2.58. The van der Waals surface area contributed by atoms with Gasteiger partial charge in [-0.15, -0.1) is 6.42 Å². The van der Waals surface area contributed by atoms with Crippen LogP contribution in [0.3, 0.4) is 0 Å². The zero-order valence-electron chi connectivity index (χ0n) is 21.1. The van der Waals surface area contributed by atoms with E-state index in [1.807, 2.05) is 6.20 Å². The summed E-state index contributed by atoms with van der Waals surface area (Å²) in [5.41, 5.74) is 1.70. The third kappa shape index (κ3) is 3.71. The van der Waals surface area contributed by atoms with Crippen LogP contribution in [0.25, 0.3) is 6.08 Å². The number of phenols is 3. The molecule has 8 heteroatoms. The van der Waals surface area contributed by atoms with Crippen LogP contribution in [0.5, 0.6) is 17.2 Å². The van der Waals surface area contributed by atoms with E-state index in [0.717, 1.165) is 56.4 Å². The van der Waals surface area contributed by atoms with Gasteiger partial charge in [-0.25, -0.2) is 4.79 Å². The van der Waals surface area contributed by atoms with Gasteiger partial charge in [-0.3, -0.25) is 0 Å². The van der Waals surface area contributed by atoms with Crippen LogP contribution in [0.2, 0.25) is 0 Å². The number of allylic oxidation sites excluding steroid dienone is 1. The average Bonchev–Trinajstić information content (AvgIpc) is 3.42. The molecule has 0 aliphatic heterocycles. The van der Waals surface area contributed by atoms with Crippen LogP contribution in [0, 0.1) is 40.9 Å². The van der Waals surface area contributed by atoms with E-state index in [9.17, 15) is 9.90 Å². The number of aliphatic hydroxyl groups is 1. The number of hydrogen-bond acceptors (Lipinski definition) is 7. The van der Waals surface area contributed by atoms with Gasteiger partial charge < -0.3 is 30.1 Å². The second-order valence-electron chi connectivity index (χ2n) is 11.6. The topological polar surface area (TPSA) is 144 Å². The first kappa shape index (κ1) is 25.2. The number of benzene rings is 1. The van der Waals surface area contributed by atoms with E-state index in [1.165, 1.54) is 12.0 Å². The zero-order chi connectivity index (χ0) is 26.8. The quantitative estimate of drug-likeness (QED) is 0.275. The van der Waals surface area contributed by atoms with Crippen LogP contribution in [0.15, 0.2) is 28.4 Å². The van der Waals surface area contributed by atoms with Crippen LogP contribution in [0.1, 0.15) is 74.1 Å². The number of phenolic OH excluding ortho intramolecular Hbond substituents is 3. The summed E-state index contributed by atoms with van der Waals surface area (Å²) in [6.45, 7) is 4.71. The minimum atomic E-state index is -1.29. The Morgan fingerprint density at radius 1 is 1.11 bits per heavy atom. The van der Waals surface area contributed by atoms with Crippen LogP contribution in [-0.2, 0) is 6.42 Å². The van der Waals surface area contributed by atoms with Crippen molar-refractivity contribution in [3.8, 4) is 29.6 Å². The Morgan fingerprint density at radius 2 is 1.78 bits per heavy atom. The van der Waals surface area contributed by atoms with Crippen molar-refractivity contribution in [3.63, 3.8) is 0 Å². The van der Waals surface area contributed by atoms with Crippen molar-refractivity contribution in [2.24, 2.45) is 28.6 Å². The summed E-state index contributed by atoms with van der Waals surface area (Å²) < 4.78 is 5.43. The zero-order valence-corrected chi connectivity index (χ0v) is 21.1. The van der Waals surface area contributed by atoms with Crippen molar-refractivity contribution in [1.82, 2.24) is 5.16 Å². The molecule has 6 atom stereocenters. The highest BCUT2D eigenvalue weighted by Crippen LogP contribution is 2.67. The normalized spacial score (nSPS) is 35.4. The third-order valence-corrected chi connectivity index (χ3v) is 9.98. The Balaban J connectivity index is 0.000000198. The SMILES string of the molecule is C#CC1(O)CCC2C3CCC4=Cc5oncc5CC4(C)C3CCC21C.O=C(O)c1cc(O)c(O)c(O)c1. The summed E-state index contributed by atoms with van der Waals surface area (Å²) >= 11 is 0. The Labute approximate surface area is 215 Å². The third-order valence-electron chi connectivity index (χ3n) is 9.98. The number of aromatic hydroxyl groups is 3. The maximum Gasteiger partial charge on any atom is 0.335 e. The van der Waals surface area contributed by atoms with Crippen molar-refractivity contribution >= 4 is 12.0 Å². The molecule has 6 unspecified atom stereocenters.